The molecule has 4 nitrogen and oxygen atoms in total. The highest BCUT2D eigenvalue weighted by atomic mass is 32.2. The van der Waals surface area contributed by atoms with Gasteiger partial charge in [-0.15, -0.1) is 0 Å². The third kappa shape index (κ3) is 6.77. The van der Waals surface area contributed by atoms with Crippen LogP contribution in [0.1, 0.15) is 20.8 Å². The van der Waals surface area contributed by atoms with Gasteiger partial charge < -0.3 is 9.04 Å². The lowest BCUT2D eigenvalue weighted by Gasteiger charge is -2.44. The fourth-order valence-electron chi connectivity index (χ4n) is 2.69. The van der Waals surface area contributed by atoms with Crippen LogP contribution in [-0.2, 0) is 10.1 Å². The molecule has 0 rings (SSSR count). The molecule has 0 bridgehead atoms. The lowest BCUT2D eigenvalue weighted by Crippen LogP contribution is -2.75. The van der Waals surface area contributed by atoms with Gasteiger partial charge in [-0.2, -0.15) is 74.6 Å². The molecule has 0 aliphatic heterocycles. The Bertz CT molecular complexity index is 933. The first-order valence-corrected chi connectivity index (χ1v) is 11.3. The van der Waals surface area contributed by atoms with Crippen LogP contribution in [0, 0.1) is 0 Å². The maximum absolute atomic E-state index is 14.1. The lowest BCUT2D eigenvalue weighted by atomic mass is 9.89. The van der Waals surface area contributed by atoms with Crippen LogP contribution in [0.5, 0.6) is 0 Å². The van der Waals surface area contributed by atoms with Crippen LogP contribution < -0.4 is 0 Å². The van der Waals surface area contributed by atoms with E-state index in [2.05, 4.69) is 0 Å². The molecule has 0 fully saturated rings. The SMILES string of the molecule is CC[N+](CC)(CC)CC(F)(F)C(F)(F)C(F)(F)C(F)(F)C(F)(F)C(F)(F)C(F)(F)C(F)F.O=S(=O)([O-])C(F)(F)F. The van der Waals surface area contributed by atoms with E-state index in [1.54, 1.807) is 0 Å². The number of nitrogens with zero attached hydrogens (tertiary/aromatic N) is 1. The van der Waals surface area contributed by atoms with Crippen molar-refractivity contribution in [2.45, 2.75) is 74.2 Å². The van der Waals surface area contributed by atoms with E-state index in [-0.39, 0.29) is 0 Å². The minimum Gasteiger partial charge on any atom is -0.741 e. The summed E-state index contributed by atoms with van der Waals surface area (Å²) in [5.74, 6) is -54.0. The van der Waals surface area contributed by atoms with Crippen molar-refractivity contribution in [3.8, 4) is 0 Å². The predicted octanol–water partition coefficient (Wildman–Crippen LogP) is 6.63. The van der Waals surface area contributed by atoms with Gasteiger partial charge in [-0.05, 0) is 20.8 Å². The van der Waals surface area contributed by atoms with Crippen molar-refractivity contribution in [2.24, 2.45) is 0 Å². The van der Waals surface area contributed by atoms with Gasteiger partial charge >= 0.3 is 53.4 Å². The molecule has 0 saturated carbocycles. The van der Waals surface area contributed by atoms with Gasteiger partial charge in [0.15, 0.2) is 10.1 Å². The highest BCUT2D eigenvalue weighted by Gasteiger charge is 2.93. The number of halogens is 19. The van der Waals surface area contributed by atoms with Gasteiger partial charge in [0.05, 0.1) is 19.6 Å². The first-order valence-electron chi connectivity index (χ1n) is 9.88. The molecule has 0 heterocycles. The van der Waals surface area contributed by atoms with Crippen LogP contribution >= 0.6 is 0 Å². The van der Waals surface area contributed by atoms with E-state index >= 15 is 0 Å². The molecule has 0 saturated heterocycles. The van der Waals surface area contributed by atoms with E-state index < -0.39 is 94.2 Å². The Balaban J connectivity index is 0. The second-order valence-electron chi connectivity index (χ2n) is 7.85. The molecule has 0 radical (unpaired) electrons. The Morgan fingerprint density at radius 1 is 0.575 bits per heavy atom. The van der Waals surface area contributed by atoms with E-state index in [4.69, 9.17) is 13.0 Å². The summed E-state index contributed by atoms with van der Waals surface area (Å²) in [6.07, 6.45) is -5.84. The number of quaternary nitrogens is 1. The normalized spacial score (nSPS) is 15.7. The molecule has 244 valence electrons. The third-order valence-corrected chi connectivity index (χ3v) is 6.13. The molecule has 0 spiro atoms. The molecule has 40 heavy (non-hydrogen) atoms. The predicted molar refractivity (Wildman–Crippen MR) is 93.1 cm³/mol. The van der Waals surface area contributed by atoms with Crippen LogP contribution in [-0.4, -0.2) is 97.0 Å². The van der Waals surface area contributed by atoms with Crippen molar-refractivity contribution >= 4 is 10.1 Å². The van der Waals surface area contributed by atoms with Gasteiger partial charge in [-0.25, -0.2) is 17.2 Å². The van der Waals surface area contributed by atoms with Crippen LogP contribution in [0.4, 0.5) is 83.4 Å². The molecule has 0 aliphatic rings. The molecule has 0 unspecified atom stereocenters. The second-order valence-corrected chi connectivity index (χ2v) is 9.22. The molecule has 0 aromatic carbocycles. The molecule has 0 amide bonds. The molecular formula is C16H18F19NO3S. The Labute approximate surface area is 212 Å². The summed E-state index contributed by atoms with van der Waals surface area (Å²) in [4.78, 5) is 0. The van der Waals surface area contributed by atoms with Crippen molar-refractivity contribution in [3.05, 3.63) is 0 Å². The van der Waals surface area contributed by atoms with Crippen molar-refractivity contribution in [3.63, 3.8) is 0 Å². The molecule has 0 aromatic heterocycles. The zero-order valence-electron chi connectivity index (χ0n) is 19.7. The van der Waals surface area contributed by atoms with Gasteiger partial charge in [0.25, 0.3) is 0 Å². The first kappa shape index (κ1) is 40.7. The Hall–Kier alpha value is -1.46. The smallest absolute Gasteiger partial charge is 0.485 e. The highest BCUT2D eigenvalue weighted by Crippen LogP contribution is 2.62. The molecule has 0 N–H and O–H groups in total. The van der Waals surface area contributed by atoms with Crippen LogP contribution in [0.25, 0.3) is 0 Å². The minimum atomic E-state index is -8.34. The van der Waals surface area contributed by atoms with E-state index in [1.807, 2.05) is 0 Å². The fourth-order valence-corrected chi connectivity index (χ4v) is 2.69. The van der Waals surface area contributed by atoms with E-state index in [9.17, 15) is 83.4 Å². The fraction of sp³-hybridized carbons (Fsp3) is 1.00. The second kappa shape index (κ2) is 11.7. The monoisotopic (exact) mass is 665 g/mol. The summed E-state index contributed by atoms with van der Waals surface area (Å²) in [5, 5.41) is 0. The average Bonchev–Trinajstić information content (AvgIpc) is 2.75. The van der Waals surface area contributed by atoms with Crippen molar-refractivity contribution < 1.29 is 101 Å². The lowest BCUT2D eigenvalue weighted by molar-refractivity contribution is -0.931. The quantitative estimate of drug-likeness (QED) is 0.102. The van der Waals surface area contributed by atoms with Gasteiger partial charge in [-0.1, -0.05) is 0 Å². The number of hydrogen-bond donors (Lipinski definition) is 0. The summed E-state index contributed by atoms with van der Waals surface area (Å²) in [5.41, 5.74) is -5.65. The summed E-state index contributed by atoms with van der Waals surface area (Å²) in [6.45, 7) is -0.510. The summed E-state index contributed by atoms with van der Waals surface area (Å²) in [7, 11) is -6.09. The van der Waals surface area contributed by atoms with Crippen LogP contribution in [0.3, 0.4) is 0 Å². The van der Waals surface area contributed by atoms with Gasteiger partial charge in [0.1, 0.15) is 6.54 Å². The number of hydrogen-bond acceptors (Lipinski definition) is 3. The molecule has 0 atom stereocenters. The van der Waals surface area contributed by atoms with Crippen LogP contribution in [0.15, 0.2) is 0 Å². The maximum Gasteiger partial charge on any atom is 0.485 e. The van der Waals surface area contributed by atoms with Gasteiger partial charge in [0, 0.05) is 0 Å². The van der Waals surface area contributed by atoms with Crippen LogP contribution in [0.2, 0.25) is 0 Å². The number of alkyl halides is 19. The Morgan fingerprint density at radius 2 is 0.825 bits per heavy atom. The largest absolute Gasteiger partial charge is 0.741 e. The molecular weight excluding hydrogens is 647 g/mol. The first-order chi connectivity index (χ1) is 17.1. The molecule has 24 heteroatoms. The van der Waals surface area contributed by atoms with Crippen molar-refractivity contribution in [2.75, 3.05) is 26.2 Å². The maximum atomic E-state index is 14.1. The minimum absolute atomic E-state index is 0.477. The average molecular weight is 665 g/mol. The molecule has 0 aromatic rings. The number of rotatable bonds is 12. The Kier molecular flexibility index (Phi) is 11.9. The van der Waals surface area contributed by atoms with Crippen molar-refractivity contribution in [1.29, 1.82) is 0 Å². The van der Waals surface area contributed by atoms with Gasteiger partial charge in [-0.3, -0.25) is 0 Å². The van der Waals surface area contributed by atoms with E-state index in [1.165, 1.54) is 0 Å². The highest BCUT2D eigenvalue weighted by molar-refractivity contribution is 7.86. The van der Waals surface area contributed by atoms with E-state index in [0.717, 1.165) is 20.8 Å². The Morgan fingerprint density at radius 3 is 1.05 bits per heavy atom. The van der Waals surface area contributed by atoms with Gasteiger partial charge in [0.2, 0.25) is 0 Å². The van der Waals surface area contributed by atoms with E-state index in [0.29, 0.717) is 0 Å². The summed E-state index contributed by atoms with van der Waals surface area (Å²) < 4.78 is 271. The molecule has 0 aliphatic carbocycles. The zero-order valence-corrected chi connectivity index (χ0v) is 20.5. The zero-order chi connectivity index (χ0) is 33.4. The van der Waals surface area contributed by atoms with Crippen molar-refractivity contribution in [1.82, 2.24) is 0 Å². The summed E-state index contributed by atoms with van der Waals surface area (Å²) in [6, 6.07) is 0. The third-order valence-electron chi connectivity index (χ3n) is 5.56. The standard InChI is InChI=1S/C15H18F16N.CHF3O3S/c1-4-32(5-2,6-3)7-9(18,19)11(22,23)13(26,27)15(30,31)14(28,29)12(24,25)10(20,21)8(16)17;2-1(3,4)8(5,6)7/h8H,4-7H2,1-3H3;(H,5,6,7)/q+1;/p-1. The summed E-state index contributed by atoms with van der Waals surface area (Å²) >= 11 is 0. The topological polar surface area (TPSA) is 57.2 Å².